The van der Waals surface area contributed by atoms with E-state index in [1.807, 2.05) is 0 Å². The average Bonchev–Trinajstić information content (AvgIpc) is 2.78. The van der Waals surface area contributed by atoms with Crippen molar-refractivity contribution >= 4 is 15.9 Å². The number of amides is 1. The quantitative estimate of drug-likeness (QED) is 0.836. The topological polar surface area (TPSA) is 75.3 Å². The molecule has 0 bridgehead atoms. The van der Waals surface area contributed by atoms with Crippen molar-refractivity contribution in [2.45, 2.75) is 18.2 Å². The monoisotopic (exact) mass is 268 g/mol. The van der Waals surface area contributed by atoms with Gasteiger partial charge < -0.3 is 5.32 Å². The minimum Gasteiger partial charge on any atom is -0.316 e. The lowest BCUT2D eigenvalue weighted by molar-refractivity contribution is -0.127. The lowest BCUT2D eigenvalue weighted by Crippen LogP contribution is -2.43. The molecule has 2 N–H and O–H groups in total. The van der Waals surface area contributed by atoms with Crippen LogP contribution in [-0.4, -0.2) is 27.4 Å². The van der Waals surface area contributed by atoms with Gasteiger partial charge in [-0.3, -0.25) is 4.79 Å². The van der Waals surface area contributed by atoms with E-state index in [1.54, 1.807) is 25.1 Å². The molecule has 0 spiro atoms. The van der Waals surface area contributed by atoms with Crippen LogP contribution in [0.3, 0.4) is 0 Å². The van der Waals surface area contributed by atoms with Crippen LogP contribution in [0, 0.1) is 5.41 Å². The molecule has 1 heterocycles. The molecule has 1 unspecified atom stereocenters. The number of carbonyl (C=O) groups is 1. The van der Waals surface area contributed by atoms with Gasteiger partial charge in [-0.15, -0.1) is 0 Å². The summed E-state index contributed by atoms with van der Waals surface area (Å²) in [6.45, 7) is 3.00. The zero-order chi connectivity index (χ0) is 13.2. The van der Waals surface area contributed by atoms with Crippen LogP contribution in [0.15, 0.2) is 35.2 Å². The van der Waals surface area contributed by atoms with Crippen molar-refractivity contribution in [3.05, 3.63) is 30.3 Å². The normalized spacial score (nSPS) is 23.8. The second kappa shape index (κ2) is 4.70. The van der Waals surface area contributed by atoms with E-state index in [-0.39, 0.29) is 4.90 Å². The highest BCUT2D eigenvalue weighted by molar-refractivity contribution is 7.90. The largest absolute Gasteiger partial charge is 0.316 e. The summed E-state index contributed by atoms with van der Waals surface area (Å²) >= 11 is 0. The van der Waals surface area contributed by atoms with Crippen LogP contribution in [0.25, 0.3) is 0 Å². The highest BCUT2D eigenvalue weighted by atomic mass is 32.2. The molecule has 98 valence electrons. The molecular weight excluding hydrogens is 252 g/mol. The van der Waals surface area contributed by atoms with Crippen LogP contribution in [0.1, 0.15) is 13.3 Å². The van der Waals surface area contributed by atoms with Gasteiger partial charge in [-0.1, -0.05) is 18.2 Å². The highest BCUT2D eigenvalue weighted by Crippen LogP contribution is 2.25. The molecule has 18 heavy (non-hydrogen) atoms. The molecule has 2 rings (SSSR count). The molecule has 0 aliphatic carbocycles. The molecule has 1 atom stereocenters. The van der Waals surface area contributed by atoms with Gasteiger partial charge in [0.2, 0.25) is 5.91 Å². The average molecular weight is 268 g/mol. The van der Waals surface area contributed by atoms with E-state index in [9.17, 15) is 13.2 Å². The summed E-state index contributed by atoms with van der Waals surface area (Å²) in [6, 6.07) is 7.90. The van der Waals surface area contributed by atoms with Crippen molar-refractivity contribution in [1.82, 2.24) is 10.0 Å². The van der Waals surface area contributed by atoms with Crippen molar-refractivity contribution in [3.63, 3.8) is 0 Å². The number of hydrogen-bond acceptors (Lipinski definition) is 4. The lowest BCUT2D eigenvalue weighted by atomic mass is 9.89. The Labute approximate surface area is 107 Å². The minimum atomic E-state index is -3.76. The van der Waals surface area contributed by atoms with Crippen molar-refractivity contribution in [2.24, 2.45) is 5.41 Å². The first-order valence-corrected chi connectivity index (χ1v) is 7.25. The number of sulfonamides is 1. The van der Waals surface area contributed by atoms with Crippen LogP contribution in [0.2, 0.25) is 0 Å². The minimum absolute atomic E-state index is 0.105. The molecule has 1 fully saturated rings. The first-order chi connectivity index (χ1) is 8.44. The van der Waals surface area contributed by atoms with Crippen LogP contribution < -0.4 is 10.0 Å². The Morgan fingerprint density at radius 3 is 2.56 bits per heavy atom. The van der Waals surface area contributed by atoms with E-state index < -0.39 is 21.3 Å². The smallest absolute Gasteiger partial charge is 0.264 e. The maximum absolute atomic E-state index is 12.0. The van der Waals surface area contributed by atoms with Crippen molar-refractivity contribution in [3.8, 4) is 0 Å². The maximum atomic E-state index is 12.0. The molecule has 5 nitrogen and oxygen atoms in total. The second-order valence-corrected chi connectivity index (χ2v) is 6.42. The number of carbonyl (C=O) groups excluding carboxylic acids is 1. The van der Waals surface area contributed by atoms with Gasteiger partial charge in [0.05, 0.1) is 10.3 Å². The van der Waals surface area contributed by atoms with Gasteiger partial charge in [0.1, 0.15) is 0 Å². The fraction of sp³-hybridized carbons (Fsp3) is 0.417. The molecular formula is C12H16N2O3S. The van der Waals surface area contributed by atoms with Gasteiger partial charge in [-0.25, -0.2) is 13.1 Å². The molecule has 1 aromatic rings. The number of rotatable bonds is 3. The zero-order valence-corrected chi connectivity index (χ0v) is 11.0. The molecule has 0 radical (unpaired) electrons. The predicted molar refractivity (Wildman–Crippen MR) is 67.4 cm³/mol. The summed E-state index contributed by atoms with van der Waals surface area (Å²) in [5, 5.41) is 3.06. The van der Waals surface area contributed by atoms with Gasteiger partial charge >= 0.3 is 0 Å². The van der Waals surface area contributed by atoms with Crippen LogP contribution in [0.4, 0.5) is 0 Å². The molecule has 0 aromatic heterocycles. The fourth-order valence-electron chi connectivity index (χ4n) is 1.91. The Bertz CT molecular complexity index is 534. The Hall–Kier alpha value is -1.40. The standard InChI is InChI=1S/C12H16N2O3S/c1-12(7-8-13-9-12)11(15)14-18(16,17)10-5-3-2-4-6-10/h2-6,13H,7-9H2,1H3,(H,14,15). The van der Waals surface area contributed by atoms with Crippen LogP contribution >= 0.6 is 0 Å². The van der Waals surface area contributed by atoms with Gasteiger partial charge in [-0.2, -0.15) is 0 Å². The SMILES string of the molecule is CC1(C(=O)NS(=O)(=O)c2ccccc2)CCNC1. The maximum Gasteiger partial charge on any atom is 0.264 e. The van der Waals surface area contributed by atoms with Crippen LogP contribution in [-0.2, 0) is 14.8 Å². The van der Waals surface area contributed by atoms with Gasteiger partial charge in [0.25, 0.3) is 10.0 Å². The molecule has 0 saturated carbocycles. The summed E-state index contributed by atoms with van der Waals surface area (Å²) in [5.41, 5.74) is -0.651. The molecule has 1 saturated heterocycles. The zero-order valence-electron chi connectivity index (χ0n) is 10.1. The molecule has 6 heteroatoms. The molecule has 1 aliphatic rings. The van der Waals surface area contributed by atoms with E-state index in [0.29, 0.717) is 13.0 Å². The fourth-order valence-corrected chi connectivity index (χ4v) is 3.04. The third-order valence-corrected chi connectivity index (χ3v) is 4.54. The van der Waals surface area contributed by atoms with E-state index in [2.05, 4.69) is 10.0 Å². The summed E-state index contributed by atoms with van der Waals surface area (Å²) in [4.78, 5) is 12.1. The van der Waals surface area contributed by atoms with E-state index in [4.69, 9.17) is 0 Å². The number of hydrogen-bond donors (Lipinski definition) is 2. The Kier molecular flexibility index (Phi) is 3.41. The summed E-state index contributed by atoms with van der Waals surface area (Å²) in [5.74, 6) is -0.448. The van der Waals surface area contributed by atoms with Crippen molar-refractivity contribution < 1.29 is 13.2 Å². The molecule has 1 aliphatic heterocycles. The Morgan fingerprint density at radius 1 is 1.33 bits per heavy atom. The summed E-state index contributed by atoms with van der Waals surface area (Å²) < 4.78 is 26.1. The lowest BCUT2D eigenvalue weighted by Gasteiger charge is -2.21. The van der Waals surface area contributed by atoms with Gasteiger partial charge in [-0.05, 0) is 32.0 Å². The third-order valence-electron chi connectivity index (χ3n) is 3.20. The highest BCUT2D eigenvalue weighted by Gasteiger charge is 2.38. The third kappa shape index (κ3) is 2.54. The number of nitrogens with one attached hydrogen (secondary N) is 2. The summed E-state index contributed by atoms with van der Waals surface area (Å²) in [7, 11) is -3.76. The molecule has 1 aromatic carbocycles. The Morgan fingerprint density at radius 2 is 2.00 bits per heavy atom. The van der Waals surface area contributed by atoms with Crippen molar-refractivity contribution in [2.75, 3.05) is 13.1 Å². The van der Waals surface area contributed by atoms with Gasteiger partial charge in [0.15, 0.2) is 0 Å². The first kappa shape index (κ1) is 13.0. The van der Waals surface area contributed by atoms with Gasteiger partial charge in [0, 0.05) is 6.54 Å². The van der Waals surface area contributed by atoms with E-state index >= 15 is 0 Å². The predicted octanol–water partition coefficient (Wildman–Crippen LogP) is 0.491. The first-order valence-electron chi connectivity index (χ1n) is 5.77. The Balaban J connectivity index is 2.17. The van der Waals surface area contributed by atoms with Crippen LogP contribution in [0.5, 0.6) is 0 Å². The summed E-state index contributed by atoms with van der Waals surface area (Å²) in [6.07, 6.45) is 0.642. The second-order valence-electron chi connectivity index (χ2n) is 4.74. The number of benzene rings is 1. The van der Waals surface area contributed by atoms with Crippen molar-refractivity contribution in [1.29, 1.82) is 0 Å². The molecule has 1 amide bonds. The van der Waals surface area contributed by atoms with E-state index in [0.717, 1.165) is 6.54 Å². The van der Waals surface area contributed by atoms with E-state index in [1.165, 1.54) is 12.1 Å².